The van der Waals surface area contributed by atoms with E-state index >= 15 is 0 Å². The molecule has 0 aromatic heterocycles. The Kier molecular flexibility index (Phi) is 7.18. The van der Waals surface area contributed by atoms with Gasteiger partial charge in [-0.1, -0.05) is 123 Å². The molecule has 300 valence electrons. The van der Waals surface area contributed by atoms with Crippen molar-refractivity contribution >= 4 is 105 Å². The van der Waals surface area contributed by atoms with E-state index < -0.39 is 16.1 Å². The van der Waals surface area contributed by atoms with Crippen molar-refractivity contribution in [1.82, 2.24) is 0 Å². The third-order valence-electron chi connectivity index (χ3n) is 16.2. The van der Waals surface area contributed by atoms with Crippen molar-refractivity contribution in [2.24, 2.45) is 0 Å². The number of nitrogens with zero attached hydrogens (tertiary/aromatic N) is 4. The van der Waals surface area contributed by atoms with E-state index in [2.05, 4.69) is 191 Å². The second kappa shape index (κ2) is 12.6. The zero-order valence-electron chi connectivity index (χ0n) is 35.5. The van der Waals surface area contributed by atoms with Gasteiger partial charge in [0.25, 0.3) is 0 Å². The second-order valence-electron chi connectivity index (χ2n) is 18.9. The molecular weight excluding hydrogens is 785 g/mol. The van der Waals surface area contributed by atoms with E-state index in [1.165, 1.54) is 140 Å². The summed E-state index contributed by atoms with van der Waals surface area (Å²) in [5, 5.41) is 9.16. The van der Waals surface area contributed by atoms with Gasteiger partial charge in [0.15, 0.2) is 0 Å². The molecule has 0 N–H and O–H groups in total. The lowest BCUT2D eigenvalue weighted by Gasteiger charge is -2.43. The first-order chi connectivity index (χ1) is 30.6. The molecule has 0 amide bonds. The number of fused-ring (bicyclic) bond motifs is 12. The highest BCUT2D eigenvalue weighted by atomic mass is 28.3. The van der Waals surface area contributed by atoms with Gasteiger partial charge in [-0.3, -0.25) is 0 Å². The highest BCUT2D eigenvalue weighted by molar-refractivity contribution is 7.05. The summed E-state index contributed by atoms with van der Waals surface area (Å²) in [5.74, 6) is 0. The maximum atomic E-state index is 2.57. The maximum absolute atomic E-state index is 2.57. The Morgan fingerprint density at radius 2 is 0.645 bits per heavy atom. The van der Waals surface area contributed by atoms with Gasteiger partial charge < -0.3 is 19.6 Å². The summed E-state index contributed by atoms with van der Waals surface area (Å²) in [6.07, 6.45) is 5.39. The van der Waals surface area contributed by atoms with Crippen LogP contribution in [0.2, 0.25) is 24.2 Å². The molecule has 0 atom stereocenters. The van der Waals surface area contributed by atoms with Gasteiger partial charge in [-0.05, 0) is 117 Å². The Balaban J connectivity index is 0.894. The lowest BCUT2D eigenvalue weighted by molar-refractivity contribution is 0.935. The van der Waals surface area contributed by atoms with Crippen molar-refractivity contribution in [3.63, 3.8) is 0 Å². The van der Waals surface area contributed by atoms with Gasteiger partial charge in [-0.15, -0.1) is 0 Å². The van der Waals surface area contributed by atoms with E-state index in [1.807, 2.05) is 0 Å². The fourth-order valence-electron chi connectivity index (χ4n) is 13.5. The van der Waals surface area contributed by atoms with Crippen LogP contribution in [-0.2, 0) is 0 Å². The molecule has 0 bridgehead atoms. The normalized spacial score (nSPS) is 17.8. The van der Waals surface area contributed by atoms with Crippen LogP contribution < -0.4 is 40.3 Å². The van der Waals surface area contributed by atoms with Crippen molar-refractivity contribution < 1.29 is 0 Å². The molecule has 0 aliphatic carbocycles. The SMILES string of the molecule is CN1c2cc(N3c4ccccc4[Si]4(CCCC4)c4ccccc43)ccc2-c2ccc3c4c(ccc1c24)N(C)c1cc(N2c4ccccc4[Si]4(CCCC4)c4ccccc42)ccc1-3. The average Bonchev–Trinajstić information content (AvgIpc) is 4.03. The van der Waals surface area contributed by atoms with E-state index in [-0.39, 0.29) is 0 Å². The van der Waals surface area contributed by atoms with Crippen molar-refractivity contribution in [2.45, 2.75) is 49.9 Å². The number of para-hydroxylation sites is 4. The summed E-state index contributed by atoms with van der Waals surface area (Å²) >= 11 is 0. The van der Waals surface area contributed by atoms with E-state index in [0.717, 1.165) is 0 Å². The van der Waals surface area contributed by atoms with Gasteiger partial charge >= 0.3 is 0 Å². The minimum absolute atomic E-state index is 1.23. The van der Waals surface area contributed by atoms with Gasteiger partial charge in [0.1, 0.15) is 16.1 Å². The van der Waals surface area contributed by atoms with Crippen LogP contribution in [0.4, 0.5) is 56.9 Å². The molecule has 6 aliphatic rings. The molecule has 8 aromatic carbocycles. The molecule has 0 unspecified atom stereocenters. The minimum Gasteiger partial charge on any atom is -0.344 e. The van der Waals surface area contributed by atoms with E-state index in [1.54, 1.807) is 20.7 Å². The van der Waals surface area contributed by atoms with Crippen molar-refractivity contribution in [3.8, 4) is 22.3 Å². The van der Waals surface area contributed by atoms with Crippen LogP contribution in [0, 0.1) is 0 Å². The van der Waals surface area contributed by atoms with Crippen LogP contribution in [0.25, 0.3) is 33.0 Å². The Bertz CT molecular complexity index is 2920. The number of rotatable bonds is 2. The number of hydrogen-bond donors (Lipinski definition) is 0. The van der Waals surface area contributed by atoms with Crippen molar-refractivity contribution in [1.29, 1.82) is 0 Å². The zero-order chi connectivity index (χ0) is 40.9. The molecule has 2 fully saturated rings. The van der Waals surface area contributed by atoms with Crippen LogP contribution in [-0.4, -0.2) is 30.2 Å². The molecule has 8 aromatic rings. The Morgan fingerprint density at radius 3 is 1.00 bits per heavy atom. The highest BCUT2D eigenvalue weighted by Crippen LogP contribution is 2.57. The van der Waals surface area contributed by atoms with Gasteiger partial charge in [-0.2, -0.15) is 0 Å². The van der Waals surface area contributed by atoms with Crippen LogP contribution >= 0.6 is 0 Å². The number of benzene rings is 8. The summed E-state index contributed by atoms with van der Waals surface area (Å²) < 4.78 is 0. The maximum Gasteiger partial charge on any atom is 0.123 e. The predicted molar refractivity (Wildman–Crippen MR) is 268 cm³/mol. The molecule has 0 radical (unpaired) electrons. The number of anilines is 10. The third kappa shape index (κ3) is 4.41. The smallest absolute Gasteiger partial charge is 0.123 e. The van der Waals surface area contributed by atoms with E-state index in [4.69, 9.17) is 0 Å². The summed E-state index contributed by atoms with van der Waals surface area (Å²) in [6, 6.07) is 66.9. The van der Waals surface area contributed by atoms with Gasteiger partial charge in [0, 0.05) is 81.5 Å². The van der Waals surface area contributed by atoms with Crippen LogP contribution in [0.3, 0.4) is 0 Å². The largest absolute Gasteiger partial charge is 0.344 e. The first kappa shape index (κ1) is 35.3. The molecule has 6 heteroatoms. The summed E-state index contributed by atoms with van der Waals surface area (Å²) in [5.41, 5.74) is 18.3. The Labute approximate surface area is 366 Å². The monoisotopic (exact) mass is 832 g/mol. The fourth-order valence-corrected chi connectivity index (χ4v) is 24.5. The second-order valence-corrected chi connectivity index (χ2v) is 27.3. The molecule has 6 heterocycles. The molecule has 2 spiro atoms. The molecule has 6 aliphatic heterocycles. The lowest BCUT2D eigenvalue weighted by Crippen LogP contribution is -2.60. The summed E-state index contributed by atoms with van der Waals surface area (Å²) in [6.45, 7) is 0. The molecule has 2 saturated heterocycles. The summed E-state index contributed by atoms with van der Waals surface area (Å²) in [4.78, 5) is 10.0. The molecule has 4 nitrogen and oxygen atoms in total. The minimum atomic E-state index is -1.80. The van der Waals surface area contributed by atoms with Crippen LogP contribution in [0.5, 0.6) is 0 Å². The molecular formula is C56H48N4Si2. The predicted octanol–water partition coefficient (Wildman–Crippen LogP) is 12.6. The first-order valence-corrected chi connectivity index (χ1v) is 27.7. The van der Waals surface area contributed by atoms with Gasteiger partial charge in [0.2, 0.25) is 0 Å². The van der Waals surface area contributed by atoms with Gasteiger partial charge in [0.05, 0.1) is 11.4 Å². The molecule has 14 rings (SSSR count). The lowest BCUT2D eigenvalue weighted by atomic mass is 9.84. The van der Waals surface area contributed by atoms with Crippen LogP contribution in [0.1, 0.15) is 25.7 Å². The highest BCUT2D eigenvalue weighted by Gasteiger charge is 2.49. The average molecular weight is 833 g/mol. The van der Waals surface area contributed by atoms with E-state index in [0.29, 0.717) is 0 Å². The zero-order valence-corrected chi connectivity index (χ0v) is 37.5. The van der Waals surface area contributed by atoms with Crippen LogP contribution in [0.15, 0.2) is 158 Å². The Hall–Kier alpha value is -6.35. The quantitative estimate of drug-likeness (QED) is 0.161. The van der Waals surface area contributed by atoms with Crippen molar-refractivity contribution in [3.05, 3.63) is 158 Å². The van der Waals surface area contributed by atoms with E-state index in [9.17, 15) is 0 Å². The number of hydrogen-bond acceptors (Lipinski definition) is 4. The Morgan fingerprint density at radius 1 is 0.323 bits per heavy atom. The molecule has 0 saturated carbocycles. The fraction of sp³-hybridized carbons (Fsp3) is 0.179. The molecule has 62 heavy (non-hydrogen) atoms. The summed E-state index contributed by atoms with van der Waals surface area (Å²) in [7, 11) is 0.941. The first-order valence-electron chi connectivity index (χ1n) is 22.9. The third-order valence-corrected chi connectivity index (χ3v) is 26.8. The van der Waals surface area contributed by atoms with Gasteiger partial charge in [-0.25, -0.2) is 0 Å². The topological polar surface area (TPSA) is 13.0 Å². The standard InChI is InChI=1S/C56H48N4Si2/c1-57-47-29-30-48-56-42(40-26-24-38(36-50(40)58(48)2)60-45-17-5-9-21-53(45)62(33-13-14-34-62)54-22-10-6-18-46(54)60)28-27-41(55(47)56)39-25-23-37(35-49(39)57)59-43-15-3-7-19-51(43)61(31-11-12-32-61)52-20-8-4-16-44(52)59/h3-10,15-30,35-36H,11-14,31-34H2,1-2H3. The van der Waals surface area contributed by atoms with Crippen molar-refractivity contribution in [2.75, 3.05) is 33.7 Å².